The van der Waals surface area contributed by atoms with E-state index in [1.165, 1.54) is 19.1 Å². The van der Waals surface area contributed by atoms with E-state index < -0.39 is 17.6 Å². The van der Waals surface area contributed by atoms with Crippen LogP contribution in [0.5, 0.6) is 0 Å². The van der Waals surface area contributed by atoms with E-state index in [-0.39, 0.29) is 28.2 Å². The summed E-state index contributed by atoms with van der Waals surface area (Å²) in [5, 5.41) is 8.90. The SMILES string of the molecule is Cc1ccc(F)c(-c2nc3ncc(C(=O)O)cc3[nH]2)c1F. The van der Waals surface area contributed by atoms with Gasteiger partial charge < -0.3 is 10.1 Å². The fourth-order valence-electron chi connectivity index (χ4n) is 2.01. The van der Waals surface area contributed by atoms with Gasteiger partial charge in [0.05, 0.1) is 16.6 Å². The summed E-state index contributed by atoms with van der Waals surface area (Å²) in [6, 6.07) is 3.79. The Morgan fingerprint density at radius 2 is 2.10 bits per heavy atom. The van der Waals surface area contributed by atoms with Crippen molar-refractivity contribution in [1.82, 2.24) is 15.0 Å². The number of imidazole rings is 1. The molecule has 3 aromatic rings. The zero-order valence-electron chi connectivity index (χ0n) is 10.8. The van der Waals surface area contributed by atoms with Crippen LogP contribution in [-0.2, 0) is 0 Å². The summed E-state index contributed by atoms with van der Waals surface area (Å²) in [5.74, 6) is -2.64. The van der Waals surface area contributed by atoms with Gasteiger partial charge in [-0.3, -0.25) is 0 Å². The molecular formula is C14H9F2N3O2. The van der Waals surface area contributed by atoms with Crippen LogP contribution in [0, 0.1) is 18.6 Å². The number of benzene rings is 1. The van der Waals surface area contributed by atoms with Crippen molar-refractivity contribution in [3.05, 3.63) is 47.2 Å². The van der Waals surface area contributed by atoms with Crippen molar-refractivity contribution in [1.29, 1.82) is 0 Å². The number of carboxylic acid groups (broad SMARTS) is 1. The Labute approximate surface area is 117 Å². The van der Waals surface area contributed by atoms with E-state index >= 15 is 0 Å². The molecule has 0 amide bonds. The molecule has 0 bridgehead atoms. The highest BCUT2D eigenvalue weighted by atomic mass is 19.1. The highest BCUT2D eigenvalue weighted by molar-refractivity contribution is 5.91. The number of nitrogens with zero attached hydrogens (tertiary/aromatic N) is 2. The molecule has 7 heteroatoms. The standard InChI is InChI=1S/C14H9F2N3O2/c1-6-2-3-8(15)10(11(6)16)13-18-9-4-7(14(20)21)5-17-12(9)19-13/h2-5H,1H3,(H,20,21)(H,17,18,19). The molecule has 3 rings (SSSR count). The van der Waals surface area contributed by atoms with Crippen LogP contribution in [0.15, 0.2) is 24.4 Å². The fraction of sp³-hybridized carbons (Fsp3) is 0.0714. The average Bonchev–Trinajstić information content (AvgIpc) is 2.85. The van der Waals surface area contributed by atoms with Gasteiger partial charge >= 0.3 is 5.97 Å². The van der Waals surface area contributed by atoms with Gasteiger partial charge in [0.25, 0.3) is 0 Å². The Bertz CT molecular complexity index is 874. The van der Waals surface area contributed by atoms with E-state index in [0.717, 1.165) is 12.3 Å². The highest BCUT2D eigenvalue weighted by Crippen LogP contribution is 2.27. The van der Waals surface area contributed by atoms with Crippen LogP contribution in [0.1, 0.15) is 15.9 Å². The maximum absolute atomic E-state index is 14.1. The largest absolute Gasteiger partial charge is 0.478 e. The van der Waals surface area contributed by atoms with Gasteiger partial charge in [0.1, 0.15) is 17.5 Å². The van der Waals surface area contributed by atoms with Crippen molar-refractivity contribution in [2.45, 2.75) is 6.92 Å². The number of carbonyl (C=O) groups is 1. The summed E-state index contributed by atoms with van der Waals surface area (Å²) < 4.78 is 27.9. The van der Waals surface area contributed by atoms with E-state index in [9.17, 15) is 13.6 Å². The van der Waals surface area contributed by atoms with Gasteiger partial charge in [0, 0.05) is 6.20 Å². The van der Waals surface area contributed by atoms with Crippen LogP contribution in [0.4, 0.5) is 8.78 Å². The van der Waals surface area contributed by atoms with Gasteiger partial charge in [-0.1, -0.05) is 6.07 Å². The second-order valence-corrected chi connectivity index (χ2v) is 4.54. The predicted octanol–water partition coefficient (Wildman–Crippen LogP) is 2.91. The Balaban J connectivity index is 2.22. The summed E-state index contributed by atoms with van der Waals surface area (Å²) in [7, 11) is 0. The minimum atomic E-state index is -1.14. The number of fused-ring (bicyclic) bond motifs is 1. The number of rotatable bonds is 2. The van der Waals surface area contributed by atoms with Crippen LogP contribution < -0.4 is 0 Å². The van der Waals surface area contributed by atoms with Crippen LogP contribution in [0.25, 0.3) is 22.6 Å². The van der Waals surface area contributed by atoms with Gasteiger partial charge in [-0.05, 0) is 24.6 Å². The molecule has 0 fully saturated rings. The number of aromatic nitrogens is 3. The van der Waals surface area contributed by atoms with Crippen molar-refractivity contribution >= 4 is 17.1 Å². The molecule has 0 unspecified atom stereocenters. The molecule has 21 heavy (non-hydrogen) atoms. The molecule has 0 aliphatic carbocycles. The number of aromatic carboxylic acids is 1. The van der Waals surface area contributed by atoms with E-state index in [2.05, 4.69) is 15.0 Å². The van der Waals surface area contributed by atoms with Crippen molar-refractivity contribution in [3.8, 4) is 11.4 Å². The lowest BCUT2D eigenvalue weighted by Gasteiger charge is -2.03. The monoisotopic (exact) mass is 289 g/mol. The summed E-state index contributed by atoms with van der Waals surface area (Å²) in [5.41, 5.74) is 0.444. The first-order valence-corrected chi connectivity index (χ1v) is 6.01. The fourth-order valence-corrected chi connectivity index (χ4v) is 2.01. The Morgan fingerprint density at radius 1 is 1.33 bits per heavy atom. The normalized spacial score (nSPS) is 11.0. The van der Waals surface area contributed by atoms with Crippen LogP contribution in [0.2, 0.25) is 0 Å². The van der Waals surface area contributed by atoms with Crippen LogP contribution >= 0.6 is 0 Å². The number of halogens is 2. The summed E-state index contributed by atoms with van der Waals surface area (Å²) in [6.07, 6.45) is 1.14. The smallest absolute Gasteiger partial charge is 0.337 e. The third-order valence-corrected chi connectivity index (χ3v) is 3.11. The first-order chi connectivity index (χ1) is 9.97. The van der Waals surface area contributed by atoms with Gasteiger partial charge in [0.2, 0.25) is 0 Å². The molecule has 2 N–H and O–H groups in total. The predicted molar refractivity (Wildman–Crippen MR) is 70.9 cm³/mol. The molecule has 0 atom stereocenters. The summed E-state index contributed by atoms with van der Waals surface area (Å²) in [4.78, 5) is 21.4. The summed E-state index contributed by atoms with van der Waals surface area (Å²) in [6.45, 7) is 1.52. The van der Waals surface area contributed by atoms with Crippen molar-refractivity contribution < 1.29 is 18.7 Å². The van der Waals surface area contributed by atoms with E-state index in [0.29, 0.717) is 5.52 Å². The lowest BCUT2D eigenvalue weighted by Crippen LogP contribution is -1.96. The second kappa shape index (κ2) is 4.62. The molecule has 0 radical (unpaired) electrons. The molecule has 0 spiro atoms. The van der Waals surface area contributed by atoms with Gasteiger partial charge in [-0.25, -0.2) is 23.5 Å². The van der Waals surface area contributed by atoms with Crippen LogP contribution in [-0.4, -0.2) is 26.0 Å². The number of H-pyrrole nitrogens is 1. The van der Waals surface area contributed by atoms with E-state index in [1.54, 1.807) is 0 Å². The van der Waals surface area contributed by atoms with Crippen molar-refractivity contribution in [3.63, 3.8) is 0 Å². The van der Waals surface area contributed by atoms with Crippen molar-refractivity contribution in [2.24, 2.45) is 0 Å². The molecule has 0 saturated heterocycles. The van der Waals surface area contributed by atoms with Gasteiger partial charge in [0.15, 0.2) is 5.65 Å². The first-order valence-electron chi connectivity index (χ1n) is 6.01. The molecule has 106 valence electrons. The van der Waals surface area contributed by atoms with E-state index in [1.807, 2.05) is 0 Å². The third-order valence-electron chi connectivity index (χ3n) is 3.11. The molecule has 2 heterocycles. The molecule has 5 nitrogen and oxygen atoms in total. The molecule has 1 aromatic carbocycles. The minimum Gasteiger partial charge on any atom is -0.478 e. The highest BCUT2D eigenvalue weighted by Gasteiger charge is 2.18. The van der Waals surface area contributed by atoms with E-state index in [4.69, 9.17) is 5.11 Å². The average molecular weight is 289 g/mol. The Hall–Kier alpha value is -2.83. The molecular weight excluding hydrogens is 280 g/mol. The molecule has 2 aromatic heterocycles. The molecule has 0 aliphatic rings. The zero-order chi connectivity index (χ0) is 15.1. The number of hydrogen-bond donors (Lipinski definition) is 2. The topological polar surface area (TPSA) is 78.9 Å². The van der Waals surface area contributed by atoms with Gasteiger partial charge in [-0.2, -0.15) is 0 Å². The number of hydrogen-bond acceptors (Lipinski definition) is 3. The molecule has 0 aliphatic heterocycles. The minimum absolute atomic E-state index is 0.0289. The number of carboxylic acids is 1. The quantitative estimate of drug-likeness (QED) is 0.760. The maximum Gasteiger partial charge on any atom is 0.337 e. The number of nitrogens with one attached hydrogen (secondary N) is 1. The first kappa shape index (κ1) is 13.2. The Kier molecular flexibility index (Phi) is 2.90. The number of aryl methyl sites for hydroxylation is 1. The lowest BCUT2D eigenvalue weighted by molar-refractivity contribution is 0.0696. The third kappa shape index (κ3) is 2.12. The summed E-state index contributed by atoms with van der Waals surface area (Å²) >= 11 is 0. The number of aromatic amines is 1. The Morgan fingerprint density at radius 3 is 2.81 bits per heavy atom. The lowest BCUT2D eigenvalue weighted by atomic mass is 10.1. The van der Waals surface area contributed by atoms with Crippen molar-refractivity contribution in [2.75, 3.05) is 0 Å². The number of pyridine rings is 1. The maximum atomic E-state index is 14.1. The zero-order valence-corrected chi connectivity index (χ0v) is 10.8. The van der Waals surface area contributed by atoms with Crippen LogP contribution in [0.3, 0.4) is 0 Å². The second-order valence-electron chi connectivity index (χ2n) is 4.54. The molecule has 0 saturated carbocycles. The van der Waals surface area contributed by atoms with Gasteiger partial charge in [-0.15, -0.1) is 0 Å².